The monoisotopic (exact) mass is 479 g/mol. The standard InChI is InChI=1S/C26H29N3O4S/c1-6-20(26(31)32-14-15(2)3)29-21-13-18(10-11-22(21)33-16(4)25(29)30)23-17(5)34-24(28-23)19-9-7-8-12-27-19/h7-13,15-16,20H,6,14H2,1-5H3. The third kappa shape index (κ3) is 4.68. The second-order valence-corrected chi connectivity index (χ2v) is 9.94. The maximum absolute atomic E-state index is 13.2. The Morgan fingerprint density at radius 1 is 1.26 bits per heavy atom. The predicted octanol–water partition coefficient (Wildman–Crippen LogP) is 5.27. The number of rotatable bonds is 7. The number of hydrogen-bond acceptors (Lipinski definition) is 7. The molecule has 0 radical (unpaired) electrons. The van der Waals surface area contributed by atoms with Crippen LogP contribution in [-0.4, -0.2) is 40.6 Å². The number of amides is 1. The highest BCUT2D eigenvalue weighted by atomic mass is 32.1. The smallest absolute Gasteiger partial charge is 0.329 e. The van der Waals surface area contributed by atoms with E-state index >= 15 is 0 Å². The van der Waals surface area contributed by atoms with Gasteiger partial charge < -0.3 is 9.47 Å². The van der Waals surface area contributed by atoms with Gasteiger partial charge in [-0.05, 0) is 56.5 Å². The number of esters is 1. The van der Waals surface area contributed by atoms with E-state index in [1.54, 1.807) is 24.5 Å². The minimum Gasteiger partial charge on any atom is -0.479 e. The Morgan fingerprint density at radius 2 is 2.06 bits per heavy atom. The van der Waals surface area contributed by atoms with Gasteiger partial charge in [-0.2, -0.15) is 0 Å². The van der Waals surface area contributed by atoms with Gasteiger partial charge in [0.25, 0.3) is 5.91 Å². The Kier molecular flexibility index (Phi) is 6.97. The van der Waals surface area contributed by atoms with Gasteiger partial charge in [-0.25, -0.2) is 9.78 Å². The number of benzene rings is 1. The van der Waals surface area contributed by atoms with Crippen molar-refractivity contribution in [3.05, 3.63) is 47.5 Å². The van der Waals surface area contributed by atoms with Crippen LogP contribution in [-0.2, 0) is 14.3 Å². The maximum atomic E-state index is 13.2. The molecule has 0 saturated heterocycles. The number of anilines is 1. The Balaban J connectivity index is 1.74. The highest BCUT2D eigenvalue weighted by molar-refractivity contribution is 7.15. The first-order chi connectivity index (χ1) is 16.3. The molecule has 1 amide bonds. The summed E-state index contributed by atoms with van der Waals surface area (Å²) in [6.07, 6.45) is 1.48. The molecule has 0 bridgehead atoms. The molecule has 0 N–H and O–H groups in total. The predicted molar refractivity (Wildman–Crippen MR) is 133 cm³/mol. The zero-order valence-electron chi connectivity index (χ0n) is 20.1. The zero-order valence-corrected chi connectivity index (χ0v) is 20.9. The third-order valence-electron chi connectivity index (χ3n) is 5.59. The summed E-state index contributed by atoms with van der Waals surface area (Å²) in [5, 5.41) is 0.826. The third-order valence-corrected chi connectivity index (χ3v) is 6.58. The van der Waals surface area contributed by atoms with Gasteiger partial charge in [0, 0.05) is 16.6 Å². The number of aromatic nitrogens is 2. The van der Waals surface area contributed by atoms with Crippen LogP contribution < -0.4 is 9.64 Å². The second kappa shape index (κ2) is 9.93. The molecule has 0 saturated carbocycles. The fourth-order valence-corrected chi connectivity index (χ4v) is 4.80. The SMILES string of the molecule is CCC(C(=O)OCC(C)C)N1C(=O)C(C)Oc2ccc(-c3nc(-c4ccccn4)sc3C)cc21. The van der Waals surface area contributed by atoms with E-state index in [2.05, 4.69) is 4.98 Å². The van der Waals surface area contributed by atoms with Crippen LogP contribution in [0.2, 0.25) is 0 Å². The first-order valence-electron chi connectivity index (χ1n) is 11.5. The molecule has 2 unspecified atom stereocenters. The number of carbonyl (C=O) groups excluding carboxylic acids is 2. The number of pyridine rings is 1. The maximum Gasteiger partial charge on any atom is 0.329 e. The van der Waals surface area contributed by atoms with Crippen molar-refractivity contribution in [2.45, 2.75) is 53.2 Å². The summed E-state index contributed by atoms with van der Waals surface area (Å²) >= 11 is 1.57. The number of thiazole rings is 1. The molecule has 1 aliphatic rings. The zero-order chi connectivity index (χ0) is 24.4. The molecule has 2 aromatic heterocycles. The largest absolute Gasteiger partial charge is 0.479 e. The molecule has 1 aliphatic heterocycles. The number of aryl methyl sites for hydroxylation is 1. The fourth-order valence-electron chi connectivity index (χ4n) is 3.89. The molecule has 2 atom stereocenters. The van der Waals surface area contributed by atoms with Gasteiger partial charge in [-0.1, -0.05) is 26.8 Å². The van der Waals surface area contributed by atoms with Crippen molar-refractivity contribution in [3.8, 4) is 27.7 Å². The van der Waals surface area contributed by atoms with Crippen molar-refractivity contribution < 1.29 is 19.1 Å². The van der Waals surface area contributed by atoms with E-state index in [0.717, 1.165) is 26.8 Å². The van der Waals surface area contributed by atoms with E-state index in [0.29, 0.717) is 24.5 Å². The van der Waals surface area contributed by atoms with E-state index in [-0.39, 0.29) is 11.8 Å². The lowest BCUT2D eigenvalue weighted by Crippen LogP contribution is -2.53. The first-order valence-corrected chi connectivity index (χ1v) is 12.3. The molecular weight excluding hydrogens is 450 g/mol. The lowest BCUT2D eigenvalue weighted by molar-refractivity contribution is -0.148. The van der Waals surface area contributed by atoms with Crippen LogP contribution in [0.25, 0.3) is 22.0 Å². The highest BCUT2D eigenvalue weighted by Crippen LogP contribution is 2.41. The fraction of sp³-hybridized carbons (Fsp3) is 0.385. The van der Waals surface area contributed by atoms with Gasteiger partial charge in [0.1, 0.15) is 16.8 Å². The lowest BCUT2D eigenvalue weighted by Gasteiger charge is -2.37. The van der Waals surface area contributed by atoms with E-state index in [1.165, 1.54) is 4.90 Å². The number of fused-ring (bicyclic) bond motifs is 1. The molecule has 8 heteroatoms. The van der Waals surface area contributed by atoms with Crippen molar-refractivity contribution in [1.29, 1.82) is 0 Å². The Bertz CT molecular complexity index is 1190. The van der Waals surface area contributed by atoms with Crippen LogP contribution in [0.3, 0.4) is 0 Å². The Labute approximate surface area is 203 Å². The van der Waals surface area contributed by atoms with Gasteiger partial charge in [0.15, 0.2) is 6.10 Å². The average Bonchev–Trinajstić information content (AvgIpc) is 3.22. The van der Waals surface area contributed by atoms with Crippen LogP contribution in [0.15, 0.2) is 42.6 Å². The van der Waals surface area contributed by atoms with Crippen molar-refractivity contribution in [2.75, 3.05) is 11.5 Å². The Hall–Kier alpha value is -3.26. The lowest BCUT2D eigenvalue weighted by atomic mass is 10.0. The minimum absolute atomic E-state index is 0.209. The summed E-state index contributed by atoms with van der Waals surface area (Å²) < 4.78 is 11.4. The highest BCUT2D eigenvalue weighted by Gasteiger charge is 2.39. The number of nitrogens with zero attached hydrogens (tertiary/aromatic N) is 3. The molecule has 0 aliphatic carbocycles. The minimum atomic E-state index is -0.729. The van der Waals surface area contributed by atoms with Crippen LogP contribution in [0.4, 0.5) is 5.69 Å². The summed E-state index contributed by atoms with van der Waals surface area (Å²) in [6.45, 7) is 9.85. The van der Waals surface area contributed by atoms with Crippen LogP contribution in [0, 0.1) is 12.8 Å². The number of ether oxygens (including phenoxy) is 2. The normalized spacial score (nSPS) is 16.2. The molecule has 3 aromatic rings. The van der Waals surface area contributed by atoms with Crippen molar-refractivity contribution in [2.24, 2.45) is 5.92 Å². The molecular formula is C26H29N3O4S. The number of carbonyl (C=O) groups is 2. The average molecular weight is 480 g/mol. The van der Waals surface area contributed by atoms with E-state index in [9.17, 15) is 9.59 Å². The van der Waals surface area contributed by atoms with Gasteiger partial charge in [-0.3, -0.25) is 14.7 Å². The topological polar surface area (TPSA) is 81.6 Å². The molecule has 1 aromatic carbocycles. The molecule has 7 nitrogen and oxygen atoms in total. The molecule has 0 fully saturated rings. The van der Waals surface area contributed by atoms with Crippen LogP contribution >= 0.6 is 11.3 Å². The van der Waals surface area contributed by atoms with E-state index in [1.807, 2.05) is 64.1 Å². The van der Waals surface area contributed by atoms with Crippen molar-refractivity contribution in [3.63, 3.8) is 0 Å². The molecule has 4 rings (SSSR count). The Morgan fingerprint density at radius 3 is 2.74 bits per heavy atom. The van der Waals surface area contributed by atoms with Crippen molar-refractivity contribution in [1.82, 2.24) is 9.97 Å². The molecule has 0 spiro atoms. The van der Waals surface area contributed by atoms with Gasteiger partial charge >= 0.3 is 5.97 Å². The van der Waals surface area contributed by atoms with E-state index < -0.39 is 18.1 Å². The molecule has 178 valence electrons. The number of hydrogen-bond donors (Lipinski definition) is 0. The summed E-state index contributed by atoms with van der Waals surface area (Å²) in [5.74, 6) is 0.101. The van der Waals surface area contributed by atoms with Crippen LogP contribution in [0.1, 0.15) is 39.0 Å². The summed E-state index contributed by atoms with van der Waals surface area (Å²) in [4.78, 5) is 37.9. The van der Waals surface area contributed by atoms with Gasteiger partial charge in [-0.15, -0.1) is 11.3 Å². The quantitative estimate of drug-likeness (QED) is 0.429. The first kappa shape index (κ1) is 23.9. The molecule has 34 heavy (non-hydrogen) atoms. The van der Waals surface area contributed by atoms with Crippen molar-refractivity contribution >= 4 is 28.9 Å². The summed E-state index contributed by atoms with van der Waals surface area (Å²) in [6, 6.07) is 10.7. The second-order valence-electron chi connectivity index (χ2n) is 8.74. The van der Waals surface area contributed by atoms with E-state index in [4.69, 9.17) is 14.5 Å². The van der Waals surface area contributed by atoms with Gasteiger partial charge in [0.2, 0.25) is 0 Å². The summed E-state index contributed by atoms with van der Waals surface area (Å²) in [5.41, 5.74) is 3.03. The van der Waals surface area contributed by atoms with Gasteiger partial charge in [0.05, 0.1) is 23.7 Å². The summed E-state index contributed by atoms with van der Waals surface area (Å²) in [7, 11) is 0. The van der Waals surface area contributed by atoms with Crippen LogP contribution in [0.5, 0.6) is 5.75 Å². The molecule has 3 heterocycles.